The summed E-state index contributed by atoms with van der Waals surface area (Å²) in [6.45, 7) is 2.63. The molecule has 0 saturated carbocycles. The summed E-state index contributed by atoms with van der Waals surface area (Å²) in [6, 6.07) is 5.31. The number of halogens is 2. The van der Waals surface area contributed by atoms with Crippen molar-refractivity contribution in [2.75, 3.05) is 6.54 Å². The van der Waals surface area contributed by atoms with E-state index in [9.17, 15) is 4.79 Å². The monoisotopic (exact) mass is 403 g/mol. The fourth-order valence-electron chi connectivity index (χ4n) is 1.85. The van der Waals surface area contributed by atoms with Gasteiger partial charge < -0.3 is 5.32 Å². The number of aromatic nitrogens is 2. The summed E-state index contributed by atoms with van der Waals surface area (Å²) in [5.41, 5.74) is 2.87. The van der Waals surface area contributed by atoms with E-state index >= 15 is 0 Å². The normalized spacial score (nSPS) is 10.6. The molecule has 0 atom stereocenters. The summed E-state index contributed by atoms with van der Waals surface area (Å²) in [5, 5.41) is 10.4. The van der Waals surface area contributed by atoms with Crippen molar-refractivity contribution in [1.29, 1.82) is 0 Å². The average Bonchev–Trinajstić information content (AvgIpc) is 2.83. The van der Waals surface area contributed by atoms with E-state index in [0.29, 0.717) is 17.1 Å². The Morgan fingerprint density at radius 2 is 2.30 bits per heavy atom. The topological polar surface area (TPSA) is 57.8 Å². The number of nitrogens with one attached hydrogen (secondary N) is 2. The van der Waals surface area contributed by atoms with Crippen molar-refractivity contribution in [2.24, 2.45) is 0 Å². The van der Waals surface area contributed by atoms with Crippen LogP contribution in [0, 0.1) is 10.5 Å². The quantitative estimate of drug-likeness (QED) is 0.594. The van der Waals surface area contributed by atoms with Crippen molar-refractivity contribution < 1.29 is 4.79 Å². The molecule has 1 amide bonds. The Morgan fingerprint density at radius 1 is 1.50 bits per heavy atom. The van der Waals surface area contributed by atoms with Gasteiger partial charge in [-0.05, 0) is 66.1 Å². The van der Waals surface area contributed by atoms with Crippen molar-refractivity contribution >= 4 is 40.1 Å². The van der Waals surface area contributed by atoms with Gasteiger partial charge in [0.2, 0.25) is 0 Å². The van der Waals surface area contributed by atoms with Gasteiger partial charge >= 0.3 is 0 Å². The Balaban J connectivity index is 1.80. The van der Waals surface area contributed by atoms with Crippen molar-refractivity contribution in [2.45, 2.75) is 19.8 Å². The van der Waals surface area contributed by atoms with Gasteiger partial charge in [-0.3, -0.25) is 9.89 Å². The van der Waals surface area contributed by atoms with Crippen LogP contribution in [0.5, 0.6) is 0 Å². The number of amides is 1. The zero-order valence-electron chi connectivity index (χ0n) is 11.0. The van der Waals surface area contributed by atoms with Crippen LogP contribution in [0.3, 0.4) is 0 Å². The molecule has 1 aromatic carbocycles. The molecule has 0 saturated heterocycles. The van der Waals surface area contributed by atoms with Crippen LogP contribution < -0.4 is 5.32 Å². The number of carbonyl (C=O) groups excluding carboxylic acids is 1. The Bertz CT molecular complexity index is 612. The van der Waals surface area contributed by atoms with Crippen molar-refractivity contribution in [3.05, 3.63) is 49.8 Å². The highest BCUT2D eigenvalue weighted by Gasteiger charge is 2.07. The molecule has 20 heavy (non-hydrogen) atoms. The molecule has 106 valence electrons. The fourth-order valence-corrected chi connectivity index (χ4v) is 2.36. The van der Waals surface area contributed by atoms with Crippen LogP contribution in [0.4, 0.5) is 0 Å². The van der Waals surface area contributed by atoms with Crippen molar-refractivity contribution in [3.8, 4) is 0 Å². The summed E-state index contributed by atoms with van der Waals surface area (Å²) in [6.07, 6.45) is 3.61. The molecule has 2 aromatic rings. The van der Waals surface area contributed by atoms with Gasteiger partial charge in [-0.1, -0.05) is 11.6 Å². The molecule has 2 N–H and O–H groups in total. The molecule has 2 rings (SSSR count). The lowest BCUT2D eigenvalue weighted by Crippen LogP contribution is -2.24. The van der Waals surface area contributed by atoms with E-state index in [1.807, 2.05) is 19.2 Å². The van der Waals surface area contributed by atoms with Crippen LogP contribution in [-0.2, 0) is 6.42 Å². The highest BCUT2D eigenvalue weighted by molar-refractivity contribution is 14.1. The fraction of sp³-hybridized carbons (Fsp3) is 0.286. The Labute approximate surface area is 136 Å². The predicted octanol–water partition coefficient (Wildman–Crippen LogP) is 3.34. The molecule has 0 aliphatic carbocycles. The summed E-state index contributed by atoms with van der Waals surface area (Å²) >= 11 is 8.14. The van der Waals surface area contributed by atoms with Gasteiger partial charge in [-0.15, -0.1) is 0 Å². The third-order valence-corrected chi connectivity index (χ3v) is 4.60. The standard InChI is InChI=1S/C14H15ClIN3O/c1-9-11(8-18-19-9)3-2-6-17-14(20)10-4-5-13(16)12(15)7-10/h4-5,7-8H,2-3,6H2,1H3,(H,17,20)(H,18,19). The number of hydrogen-bond acceptors (Lipinski definition) is 2. The first kappa shape index (κ1) is 15.3. The maximum Gasteiger partial charge on any atom is 0.251 e. The first-order chi connectivity index (χ1) is 9.58. The van der Waals surface area contributed by atoms with Crippen LogP contribution in [0.25, 0.3) is 0 Å². The molecular formula is C14H15ClIN3O. The number of H-pyrrole nitrogens is 1. The first-order valence-electron chi connectivity index (χ1n) is 6.30. The van der Waals surface area contributed by atoms with E-state index in [1.165, 1.54) is 5.56 Å². The smallest absolute Gasteiger partial charge is 0.251 e. The number of aromatic amines is 1. The lowest BCUT2D eigenvalue weighted by molar-refractivity contribution is 0.0953. The minimum atomic E-state index is -0.0905. The third kappa shape index (κ3) is 3.96. The van der Waals surface area contributed by atoms with E-state index in [0.717, 1.165) is 22.1 Å². The Morgan fingerprint density at radius 3 is 2.95 bits per heavy atom. The maximum atomic E-state index is 11.9. The molecule has 0 unspecified atom stereocenters. The van der Waals surface area contributed by atoms with Gasteiger partial charge in [0.1, 0.15) is 0 Å². The predicted molar refractivity (Wildman–Crippen MR) is 88.1 cm³/mol. The molecule has 0 spiro atoms. The summed E-state index contributed by atoms with van der Waals surface area (Å²) in [4.78, 5) is 11.9. The maximum absolute atomic E-state index is 11.9. The number of hydrogen-bond donors (Lipinski definition) is 2. The largest absolute Gasteiger partial charge is 0.352 e. The molecular weight excluding hydrogens is 389 g/mol. The molecule has 0 radical (unpaired) electrons. The molecule has 6 heteroatoms. The minimum absolute atomic E-state index is 0.0905. The van der Waals surface area contributed by atoms with E-state index in [1.54, 1.807) is 12.1 Å². The molecule has 4 nitrogen and oxygen atoms in total. The molecule has 0 bridgehead atoms. The molecule has 0 aliphatic rings. The van der Waals surface area contributed by atoms with Crippen LogP contribution in [0.2, 0.25) is 5.02 Å². The highest BCUT2D eigenvalue weighted by atomic mass is 127. The van der Waals surface area contributed by atoms with Gasteiger partial charge in [0.05, 0.1) is 11.2 Å². The van der Waals surface area contributed by atoms with Gasteiger partial charge in [0.15, 0.2) is 0 Å². The number of rotatable bonds is 5. The van der Waals surface area contributed by atoms with E-state index in [4.69, 9.17) is 11.6 Å². The number of carbonyl (C=O) groups is 1. The number of benzene rings is 1. The van der Waals surface area contributed by atoms with Gasteiger partial charge in [-0.25, -0.2) is 0 Å². The molecule has 1 heterocycles. The summed E-state index contributed by atoms with van der Waals surface area (Å²) in [7, 11) is 0. The SMILES string of the molecule is Cc1[nH]ncc1CCCNC(=O)c1ccc(I)c(Cl)c1. The van der Waals surface area contributed by atoms with Crippen LogP contribution in [0.1, 0.15) is 28.0 Å². The van der Waals surface area contributed by atoms with Crippen LogP contribution >= 0.6 is 34.2 Å². The van der Waals surface area contributed by atoms with Gasteiger partial charge in [-0.2, -0.15) is 5.10 Å². The number of nitrogens with zero attached hydrogens (tertiary/aromatic N) is 1. The first-order valence-corrected chi connectivity index (χ1v) is 7.75. The second kappa shape index (κ2) is 7.08. The van der Waals surface area contributed by atoms with Gasteiger partial charge in [0.25, 0.3) is 5.91 Å². The minimum Gasteiger partial charge on any atom is -0.352 e. The van der Waals surface area contributed by atoms with E-state index in [-0.39, 0.29) is 5.91 Å². The lowest BCUT2D eigenvalue weighted by atomic mass is 10.1. The zero-order chi connectivity index (χ0) is 14.5. The second-order valence-corrected chi connectivity index (χ2v) is 6.08. The van der Waals surface area contributed by atoms with Crippen molar-refractivity contribution in [3.63, 3.8) is 0 Å². The summed E-state index contributed by atoms with van der Waals surface area (Å²) in [5.74, 6) is -0.0905. The van der Waals surface area contributed by atoms with Crippen LogP contribution in [-0.4, -0.2) is 22.6 Å². The van der Waals surface area contributed by atoms with Crippen molar-refractivity contribution in [1.82, 2.24) is 15.5 Å². The molecule has 1 aromatic heterocycles. The summed E-state index contributed by atoms with van der Waals surface area (Å²) < 4.78 is 0.941. The Kier molecular flexibility index (Phi) is 5.42. The molecule has 0 aliphatic heterocycles. The second-order valence-electron chi connectivity index (χ2n) is 4.51. The number of aryl methyl sites for hydroxylation is 2. The average molecular weight is 404 g/mol. The Hall–Kier alpha value is -1.08. The highest BCUT2D eigenvalue weighted by Crippen LogP contribution is 2.19. The third-order valence-electron chi connectivity index (χ3n) is 3.02. The van der Waals surface area contributed by atoms with E-state index in [2.05, 4.69) is 38.1 Å². The van der Waals surface area contributed by atoms with E-state index < -0.39 is 0 Å². The van der Waals surface area contributed by atoms with Gasteiger partial charge in [0, 0.05) is 21.4 Å². The zero-order valence-corrected chi connectivity index (χ0v) is 14.0. The van der Waals surface area contributed by atoms with Crippen LogP contribution in [0.15, 0.2) is 24.4 Å². The molecule has 0 fully saturated rings. The lowest BCUT2D eigenvalue weighted by Gasteiger charge is -2.06.